The van der Waals surface area contributed by atoms with Crippen LogP contribution in [0.15, 0.2) is 18.2 Å². The van der Waals surface area contributed by atoms with E-state index >= 15 is 0 Å². The highest BCUT2D eigenvalue weighted by Crippen LogP contribution is 2.61. The Kier molecular flexibility index (Phi) is 4.02. The average molecular weight is 273 g/mol. The second-order valence-electron chi connectivity index (χ2n) is 6.47. The van der Waals surface area contributed by atoms with Gasteiger partial charge in [-0.2, -0.15) is 0 Å². The number of aryl methyl sites for hydroxylation is 1. The molecule has 1 aromatic rings. The van der Waals surface area contributed by atoms with Crippen LogP contribution in [0.5, 0.6) is 5.75 Å². The third kappa shape index (κ3) is 2.46. The Bertz CT molecular complexity index is 458. The monoisotopic (exact) mass is 273 g/mol. The van der Waals surface area contributed by atoms with Crippen molar-refractivity contribution in [3.63, 3.8) is 0 Å². The van der Waals surface area contributed by atoms with Gasteiger partial charge in [0.2, 0.25) is 0 Å². The van der Waals surface area contributed by atoms with Gasteiger partial charge in [0.1, 0.15) is 5.75 Å². The molecule has 0 radical (unpaired) electrons. The van der Waals surface area contributed by atoms with Gasteiger partial charge >= 0.3 is 0 Å². The minimum Gasteiger partial charge on any atom is -0.496 e. The normalized spacial score (nSPS) is 29.6. The lowest BCUT2D eigenvalue weighted by atomic mass is 9.97. The topological polar surface area (TPSA) is 21.3 Å². The van der Waals surface area contributed by atoms with Gasteiger partial charge in [-0.15, -0.1) is 0 Å². The van der Waals surface area contributed by atoms with E-state index in [0.29, 0.717) is 6.04 Å². The summed E-state index contributed by atoms with van der Waals surface area (Å²) < 4.78 is 5.62. The molecule has 2 fully saturated rings. The van der Waals surface area contributed by atoms with Gasteiger partial charge < -0.3 is 10.1 Å². The number of fused-ring (bicyclic) bond motifs is 1. The number of hydrogen-bond donors (Lipinski definition) is 1. The summed E-state index contributed by atoms with van der Waals surface area (Å²) in [6.07, 6.45) is 5.74. The van der Waals surface area contributed by atoms with E-state index in [9.17, 15) is 0 Å². The zero-order valence-corrected chi connectivity index (χ0v) is 13.0. The molecular weight excluding hydrogens is 246 g/mol. The summed E-state index contributed by atoms with van der Waals surface area (Å²) in [6, 6.07) is 7.06. The zero-order valence-electron chi connectivity index (χ0n) is 13.0. The van der Waals surface area contributed by atoms with Crippen molar-refractivity contribution in [3.8, 4) is 5.75 Å². The lowest BCUT2D eigenvalue weighted by Gasteiger charge is -2.22. The summed E-state index contributed by atoms with van der Waals surface area (Å²) in [4.78, 5) is 0. The Hall–Kier alpha value is -1.02. The quantitative estimate of drug-likeness (QED) is 0.872. The molecule has 2 aliphatic carbocycles. The van der Waals surface area contributed by atoms with Crippen LogP contribution in [0, 0.1) is 24.7 Å². The fourth-order valence-electron chi connectivity index (χ4n) is 4.31. The van der Waals surface area contributed by atoms with E-state index in [1.165, 1.54) is 36.8 Å². The molecule has 0 saturated heterocycles. The Morgan fingerprint density at radius 1 is 1.25 bits per heavy atom. The van der Waals surface area contributed by atoms with Crippen molar-refractivity contribution in [2.45, 2.75) is 45.6 Å². The van der Waals surface area contributed by atoms with Crippen molar-refractivity contribution in [1.29, 1.82) is 0 Å². The molecule has 0 heterocycles. The summed E-state index contributed by atoms with van der Waals surface area (Å²) in [6.45, 7) is 5.41. The third-order valence-corrected chi connectivity index (χ3v) is 5.25. The minimum absolute atomic E-state index is 0.475. The molecule has 3 unspecified atom stereocenters. The predicted octanol–water partition coefficient (Wildman–Crippen LogP) is 4.09. The standard InChI is InChI=1S/C18H27NO/c1-4-19-18(17-13-7-5-6-8-14(13)17)15-11-12(2)9-10-16(15)20-3/h9-11,13-14,17-19H,4-8H2,1-3H3. The van der Waals surface area contributed by atoms with Crippen LogP contribution in [-0.2, 0) is 0 Å². The molecule has 1 aromatic carbocycles. The lowest BCUT2D eigenvalue weighted by Crippen LogP contribution is -2.24. The number of hydrogen-bond acceptors (Lipinski definition) is 2. The molecule has 3 rings (SSSR count). The molecule has 2 nitrogen and oxygen atoms in total. The third-order valence-electron chi connectivity index (χ3n) is 5.25. The van der Waals surface area contributed by atoms with Crippen LogP contribution in [0.2, 0.25) is 0 Å². The van der Waals surface area contributed by atoms with Crippen LogP contribution in [0.25, 0.3) is 0 Å². The number of ether oxygens (including phenoxy) is 1. The number of rotatable bonds is 5. The molecule has 110 valence electrons. The van der Waals surface area contributed by atoms with Crippen molar-refractivity contribution in [2.75, 3.05) is 13.7 Å². The van der Waals surface area contributed by atoms with Gasteiger partial charge in [0.25, 0.3) is 0 Å². The SMILES string of the molecule is CCNC(c1cc(C)ccc1OC)C1C2CCCCC21. The maximum atomic E-state index is 5.62. The summed E-state index contributed by atoms with van der Waals surface area (Å²) in [7, 11) is 1.79. The minimum atomic E-state index is 0.475. The lowest BCUT2D eigenvalue weighted by molar-refractivity contribution is 0.385. The van der Waals surface area contributed by atoms with E-state index < -0.39 is 0 Å². The molecule has 0 aromatic heterocycles. The fourth-order valence-corrected chi connectivity index (χ4v) is 4.31. The van der Waals surface area contributed by atoms with Gasteiger partial charge in [0.15, 0.2) is 0 Å². The van der Waals surface area contributed by atoms with Crippen molar-refractivity contribution in [1.82, 2.24) is 5.32 Å². The first-order valence-corrected chi connectivity index (χ1v) is 8.14. The first kappa shape index (κ1) is 13.9. The molecule has 2 heteroatoms. The van der Waals surface area contributed by atoms with Gasteiger partial charge in [-0.3, -0.25) is 0 Å². The second-order valence-corrected chi connectivity index (χ2v) is 6.47. The highest BCUT2D eigenvalue weighted by molar-refractivity contribution is 5.40. The summed E-state index contributed by atoms with van der Waals surface area (Å²) in [5, 5.41) is 3.74. The van der Waals surface area contributed by atoms with Crippen molar-refractivity contribution >= 4 is 0 Å². The van der Waals surface area contributed by atoms with E-state index in [0.717, 1.165) is 30.0 Å². The molecular formula is C18H27NO. The van der Waals surface area contributed by atoms with Crippen LogP contribution >= 0.6 is 0 Å². The summed E-state index contributed by atoms with van der Waals surface area (Å²) in [5.74, 6) is 3.79. The Labute approximate surface area is 122 Å². The first-order chi connectivity index (χ1) is 9.76. The van der Waals surface area contributed by atoms with Gasteiger partial charge in [0.05, 0.1) is 7.11 Å². The maximum Gasteiger partial charge on any atom is 0.123 e. The summed E-state index contributed by atoms with van der Waals surface area (Å²) in [5.41, 5.74) is 2.70. The summed E-state index contributed by atoms with van der Waals surface area (Å²) >= 11 is 0. The zero-order chi connectivity index (χ0) is 14.1. The van der Waals surface area contributed by atoms with Crippen LogP contribution < -0.4 is 10.1 Å². The van der Waals surface area contributed by atoms with Crippen LogP contribution in [0.3, 0.4) is 0 Å². The molecule has 20 heavy (non-hydrogen) atoms. The molecule has 0 spiro atoms. The number of nitrogens with one attached hydrogen (secondary N) is 1. The van der Waals surface area contributed by atoms with Gasteiger partial charge in [-0.05, 0) is 50.1 Å². The molecule has 0 amide bonds. The van der Waals surface area contributed by atoms with E-state index in [4.69, 9.17) is 4.74 Å². The Morgan fingerprint density at radius 3 is 2.55 bits per heavy atom. The van der Waals surface area contributed by atoms with E-state index in [-0.39, 0.29) is 0 Å². The van der Waals surface area contributed by atoms with Gasteiger partial charge in [-0.25, -0.2) is 0 Å². The molecule has 2 aliphatic rings. The van der Waals surface area contributed by atoms with E-state index in [2.05, 4.69) is 37.4 Å². The first-order valence-electron chi connectivity index (χ1n) is 8.14. The van der Waals surface area contributed by atoms with Crippen molar-refractivity contribution in [3.05, 3.63) is 29.3 Å². The largest absolute Gasteiger partial charge is 0.496 e. The Morgan fingerprint density at radius 2 is 1.95 bits per heavy atom. The average Bonchev–Trinajstić information content (AvgIpc) is 3.19. The molecule has 3 atom stereocenters. The van der Waals surface area contributed by atoms with Crippen LogP contribution in [-0.4, -0.2) is 13.7 Å². The predicted molar refractivity (Wildman–Crippen MR) is 83.1 cm³/mol. The van der Waals surface area contributed by atoms with Gasteiger partial charge in [-0.1, -0.05) is 37.5 Å². The smallest absolute Gasteiger partial charge is 0.123 e. The fraction of sp³-hybridized carbons (Fsp3) is 0.667. The maximum absolute atomic E-state index is 5.62. The van der Waals surface area contributed by atoms with Gasteiger partial charge in [0, 0.05) is 11.6 Å². The highest BCUT2D eigenvalue weighted by Gasteiger charge is 2.54. The van der Waals surface area contributed by atoms with Crippen LogP contribution in [0.4, 0.5) is 0 Å². The van der Waals surface area contributed by atoms with Crippen molar-refractivity contribution < 1.29 is 4.74 Å². The Balaban J connectivity index is 1.89. The van der Waals surface area contributed by atoms with Crippen molar-refractivity contribution in [2.24, 2.45) is 17.8 Å². The highest BCUT2D eigenvalue weighted by atomic mass is 16.5. The number of methoxy groups -OCH3 is 1. The van der Waals surface area contributed by atoms with E-state index in [1.807, 2.05) is 0 Å². The molecule has 2 saturated carbocycles. The number of benzene rings is 1. The van der Waals surface area contributed by atoms with E-state index in [1.54, 1.807) is 7.11 Å². The second kappa shape index (κ2) is 5.77. The van der Waals surface area contributed by atoms with Crippen LogP contribution in [0.1, 0.15) is 49.8 Å². The molecule has 0 aliphatic heterocycles. The molecule has 1 N–H and O–H groups in total. The molecule has 0 bridgehead atoms.